The van der Waals surface area contributed by atoms with Crippen LogP contribution < -0.4 is 0 Å². The third-order valence-corrected chi connectivity index (χ3v) is 6.33. The van der Waals surface area contributed by atoms with Gasteiger partial charge in [0, 0.05) is 0 Å². The van der Waals surface area contributed by atoms with Crippen LogP contribution in [0.4, 0.5) is 0 Å². The third-order valence-electron chi connectivity index (χ3n) is 6.33. The molecular formula is C29H56. The molecule has 0 aliphatic rings. The van der Waals surface area contributed by atoms with E-state index in [9.17, 15) is 0 Å². The van der Waals surface area contributed by atoms with Gasteiger partial charge in [-0.15, -0.1) is 0 Å². The highest BCUT2D eigenvalue weighted by molar-refractivity contribution is 4.81. The van der Waals surface area contributed by atoms with Crippen LogP contribution in [-0.2, 0) is 0 Å². The topological polar surface area (TPSA) is 0 Å². The van der Waals surface area contributed by atoms with E-state index in [1.54, 1.807) is 0 Å². The van der Waals surface area contributed by atoms with Gasteiger partial charge in [-0.3, -0.25) is 0 Å². The summed E-state index contributed by atoms with van der Waals surface area (Å²) in [5.41, 5.74) is 0. The second-order valence-corrected chi connectivity index (χ2v) is 9.29. The first-order valence-corrected chi connectivity index (χ1v) is 13.6. The largest absolute Gasteiger partial charge is 0.0885 e. The van der Waals surface area contributed by atoms with Gasteiger partial charge < -0.3 is 0 Å². The van der Waals surface area contributed by atoms with Crippen LogP contribution in [0.15, 0.2) is 12.2 Å². The summed E-state index contributed by atoms with van der Waals surface area (Å²) in [7, 11) is 0. The lowest BCUT2D eigenvalue weighted by Crippen LogP contribution is -2.00. The minimum atomic E-state index is 1.01. The lowest BCUT2D eigenvalue weighted by atomic mass is 9.90. The van der Waals surface area contributed by atoms with Gasteiger partial charge in [-0.25, -0.2) is 0 Å². The molecule has 29 heavy (non-hydrogen) atoms. The Morgan fingerprint density at radius 1 is 0.483 bits per heavy atom. The maximum absolute atomic E-state index is 3.92. The van der Waals surface area contributed by atoms with Crippen LogP contribution >= 0.6 is 0 Å². The summed E-state index contributed by atoms with van der Waals surface area (Å²) in [5.74, 6) is 1.01. The van der Waals surface area contributed by atoms with Crippen molar-refractivity contribution >= 4 is 0 Å². The van der Waals surface area contributed by atoms with Gasteiger partial charge in [0.25, 0.3) is 0 Å². The summed E-state index contributed by atoms with van der Waals surface area (Å²) in [6.07, 6.45) is 36.6. The molecule has 0 aromatic heterocycles. The molecule has 0 heteroatoms. The average Bonchev–Trinajstić information content (AvgIpc) is 2.73. The first-order valence-electron chi connectivity index (χ1n) is 13.6. The molecule has 0 heterocycles. The summed E-state index contributed by atoms with van der Waals surface area (Å²) in [5, 5.41) is 0. The molecule has 0 saturated carbocycles. The zero-order valence-corrected chi connectivity index (χ0v) is 20.4. The predicted molar refractivity (Wildman–Crippen MR) is 135 cm³/mol. The molecule has 0 aliphatic carbocycles. The van der Waals surface area contributed by atoms with Crippen LogP contribution in [0.3, 0.4) is 0 Å². The Labute approximate surface area is 186 Å². The van der Waals surface area contributed by atoms with Crippen molar-refractivity contribution < 1.29 is 0 Å². The first kappa shape index (κ1) is 28.7. The van der Waals surface area contributed by atoms with Gasteiger partial charge in [0.1, 0.15) is 0 Å². The van der Waals surface area contributed by atoms with Crippen LogP contribution in [0.5, 0.6) is 0 Å². The molecule has 0 spiro atoms. The molecule has 0 amide bonds. The lowest BCUT2D eigenvalue weighted by Gasteiger charge is -2.16. The molecule has 0 bridgehead atoms. The van der Waals surface area contributed by atoms with Gasteiger partial charge in [0.05, 0.1) is 0 Å². The summed E-state index contributed by atoms with van der Waals surface area (Å²) >= 11 is 0. The monoisotopic (exact) mass is 404 g/mol. The molecule has 0 fully saturated rings. The zero-order chi connectivity index (χ0) is 21.3. The maximum atomic E-state index is 3.92. The summed E-state index contributed by atoms with van der Waals surface area (Å²) in [6.45, 7) is 10.2. The number of rotatable bonds is 24. The zero-order valence-electron chi connectivity index (χ0n) is 20.4. The number of allylic oxidation sites excluding steroid dienone is 2. The van der Waals surface area contributed by atoms with Crippen LogP contribution in [-0.4, -0.2) is 0 Å². The predicted octanol–water partition coefficient (Wildman–Crippen LogP) is 10.8. The van der Waals surface area contributed by atoms with Crippen LogP contribution in [0, 0.1) is 19.8 Å². The van der Waals surface area contributed by atoms with Gasteiger partial charge in [0.15, 0.2) is 0 Å². The van der Waals surface area contributed by atoms with Gasteiger partial charge in [-0.1, -0.05) is 155 Å². The molecule has 0 nitrogen and oxygen atoms in total. The molecule has 0 aromatic rings. The molecule has 0 aliphatic heterocycles. The Kier molecular flexibility index (Phi) is 25.5. The summed E-state index contributed by atoms with van der Waals surface area (Å²) in [6, 6.07) is 0. The highest BCUT2D eigenvalue weighted by Crippen LogP contribution is 2.23. The smallest absolute Gasteiger partial charge is 0.0351 e. The first-order chi connectivity index (χ1) is 14.3. The van der Waals surface area contributed by atoms with E-state index in [-0.39, 0.29) is 0 Å². The van der Waals surface area contributed by atoms with E-state index in [0.717, 1.165) is 18.8 Å². The van der Waals surface area contributed by atoms with E-state index >= 15 is 0 Å². The Morgan fingerprint density at radius 3 is 1.38 bits per heavy atom. The van der Waals surface area contributed by atoms with Crippen molar-refractivity contribution in [3.05, 3.63) is 26.0 Å². The van der Waals surface area contributed by atoms with Crippen molar-refractivity contribution in [1.82, 2.24) is 0 Å². The van der Waals surface area contributed by atoms with Crippen molar-refractivity contribution in [3.63, 3.8) is 0 Å². The van der Waals surface area contributed by atoms with E-state index in [1.807, 2.05) is 0 Å². The molecular weight excluding hydrogens is 348 g/mol. The maximum Gasteiger partial charge on any atom is -0.0351 e. The molecule has 172 valence electrons. The van der Waals surface area contributed by atoms with Crippen molar-refractivity contribution in [2.75, 3.05) is 0 Å². The fourth-order valence-electron chi connectivity index (χ4n) is 4.41. The highest BCUT2D eigenvalue weighted by atomic mass is 14.1. The molecule has 0 rings (SSSR count). The Bertz CT molecular complexity index is 303. The number of hydrogen-bond acceptors (Lipinski definition) is 0. The number of unbranched alkanes of at least 4 members (excludes halogenated alkanes) is 16. The van der Waals surface area contributed by atoms with E-state index in [1.165, 1.54) is 135 Å². The van der Waals surface area contributed by atoms with Crippen LogP contribution in [0.25, 0.3) is 0 Å². The second-order valence-electron chi connectivity index (χ2n) is 9.29. The molecule has 0 aromatic carbocycles. The average molecular weight is 405 g/mol. The van der Waals surface area contributed by atoms with Crippen molar-refractivity contribution in [1.29, 1.82) is 0 Å². The van der Waals surface area contributed by atoms with E-state index in [4.69, 9.17) is 0 Å². The Hall–Kier alpha value is -0.260. The Balaban J connectivity index is 3.44. The molecule has 1 atom stereocenters. The normalized spacial score (nSPS) is 12.8. The van der Waals surface area contributed by atoms with Gasteiger partial charge >= 0.3 is 0 Å². The van der Waals surface area contributed by atoms with Crippen molar-refractivity contribution in [3.8, 4) is 0 Å². The van der Waals surface area contributed by atoms with Gasteiger partial charge in [-0.2, -0.15) is 0 Å². The van der Waals surface area contributed by atoms with Crippen molar-refractivity contribution in [2.24, 2.45) is 5.92 Å². The van der Waals surface area contributed by atoms with Crippen molar-refractivity contribution in [2.45, 2.75) is 155 Å². The standard InChI is InChI=1S/C29H56/c1-4-7-9-11-13-15-16-17-19-21-23-25-28-29(26-6-3)27-24-22-20-18-14-12-10-8-5-2/h12,14,29H,1-2,4-11,13,15-28H2,3H3/b14-12+. The minimum absolute atomic E-state index is 1.01. The minimum Gasteiger partial charge on any atom is -0.0885 e. The lowest BCUT2D eigenvalue weighted by molar-refractivity contribution is 0.378. The van der Waals surface area contributed by atoms with E-state index in [0.29, 0.717) is 0 Å². The molecule has 2 radical (unpaired) electrons. The van der Waals surface area contributed by atoms with Gasteiger partial charge in [0.2, 0.25) is 0 Å². The van der Waals surface area contributed by atoms with Gasteiger partial charge in [-0.05, 0) is 31.6 Å². The molecule has 1 unspecified atom stereocenters. The molecule has 0 N–H and O–H groups in total. The number of hydrogen-bond donors (Lipinski definition) is 0. The quantitative estimate of drug-likeness (QED) is 0.111. The second kappa shape index (κ2) is 25.8. The third kappa shape index (κ3) is 23.9. The van der Waals surface area contributed by atoms with Crippen LogP contribution in [0.1, 0.15) is 155 Å². The molecule has 0 saturated heterocycles. The van der Waals surface area contributed by atoms with E-state index < -0.39 is 0 Å². The summed E-state index contributed by atoms with van der Waals surface area (Å²) < 4.78 is 0. The highest BCUT2D eigenvalue weighted by Gasteiger charge is 2.07. The van der Waals surface area contributed by atoms with E-state index in [2.05, 4.69) is 32.9 Å². The Morgan fingerprint density at radius 2 is 0.897 bits per heavy atom. The fraction of sp³-hybridized carbons (Fsp3) is 0.862. The summed E-state index contributed by atoms with van der Waals surface area (Å²) in [4.78, 5) is 0. The van der Waals surface area contributed by atoms with Crippen LogP contribution in [0.2, 0.25) is 0 Å². The fourth-order valence-corrected chi connectivity index (χ4v) is 4.41. The SMILES string of the molecule is [CH2]CCC/C=C/CCCCCC(CCC)CCCCCCCCCCCCC[CH2].